The summed E-state index contributed by atoms with van der Waals surface area (Å²) in [7, 11) is 0. The topological polar surface area (TPSA) is 70.8 Å². The molecule has 3 unspecified atom stereocenters. The monoisotopic (exact) mass is 249 g/mol. The molecule has 1 aromatic rings. The Morgan fingerprint density at radius 3 is 2.83 bits per heavy atom. The molecule has 1 N–H and O–H groups in total. The van der Waals surface area contributed by atoms with E-state index in [1.54, 1.807) is 4.90 Å². The second-order valence-electron chi connectivity index (χ2n) is 5.12. The molecule has 1 saturated heterocycles. The van der Waals surface area contributed by atoms with Crippen LogP contribution < -0.4 is 5.63 Å². The van der Waals surface area contributed by atoms with Gasteiger partial charge in [-0.1, -0.05) is 0 Å². The van der Waals surface area contributed by atoms with Gasteiger partial charge in [-0.3, -0.25) is 4.79 Å². The van der Waals surface area contributed by atoms with Crippen molar-refractivity contribution < 1.29 is 14.3 Å². The molecule has 2 aliphatic rings. The van der Waals surface area contributed by atoms with Crippen LogP contribution in [0, 0.1) is 11.8 Å². The molecule has 1 saturated carbocycles. The summed E-state index contributed by atoms with van der Waals surface area (Å²) in [5.41, 5.74) is -0.0654. The van der Waals surface area contributed by atoms with Crippen LogP contribution in [-0.2, 0) is 0 Å². The minimum atomic E-state index is -0.458. The first kappa shape index (κ1) is 11.5. The van der Waals surface area contributed by atoms with E-state index in [2.05, 4.69) is 0 Å². The minimum absolute atomic E-state index is 0.125. The zero-order valence-corrected chi connectivity index (χ0v) is 9.91. The zero-order valence-electron chi connectivity index (χ0n) is 9.91. The third-order valence-corrected chi connectivity index (χ3v) is 4.05. The van der Waals surface area contributed by atoms with Crippen LogP contribution in [0.4, 0.5) is 0 Å². The maximum Gasteiger partial charge on any atom is 0.335 e. The van der Waals surface area contributed by atoms with Gasteiger partial charge in [0.2, 0.25) is 0 Å². The van der Waals surface area contributed by atoms with Crippen molar-refractivity contribution in [2.24, 2.45) is 11.8 Å². The molecule has 1 aliphatic carbocycles. The third kappa shape index (κ3) is 1.84. The molecule has 2 fully saturated rings. The van der Waals surface area contributed by atoms with Gasteiger partial charge in [-0.2, -0.15) is 0 Å². The Hall–Kier alpha value is -1.62. The second-order valence-corrected chi connectivity index (χ2v) is 5.12. The lowest BCUT2D eigenvalue weighted by molar-refractivity contribution is 0.0749. The lowest BCUT2D eigenvalue weighted by atomic mass is 10.00. The zero-order chi connectivity index (χ0) is 12.7. The number of hydrogen-bond acceptors (Lipinski definition) is 4. The highest BCUT2D eigenvalue weighted by Crippen LogP contribution is 2.38. The normalized spacial score (nSPS) is 30.5. The molecule has 0 bridgehead atoms. The minimum Gasteiger partial charge on any atom is -0.430 e. The number of rotatable bonds is 1. The molecule has 0 aromatic carbocycles. The molecule has 0 radical (unpaired) electrons. The van der Waals surface area contributed by atoms with Gasteiger partial charge in [-0.15, -0.1) is 0 Å². The number of carbonyl (C=O) groups is 1. The molecule has 2 heterocycles. The van der Waals surface area contributed by atoms with Gasteiger partial charge in [0.15, 0.2) is 0 Å². The van der Waals surface area contributed by atoms with E-state index in [0.717, 1.165) is 12.8 Å². The first-order valence-electron chi connectivity index (χ1n) is 6.21. The molecule has 3 rings (SSSR count). The summed E-state index contributed by atoms with van der Waals surface area (Å²) in [6.07, 6.45) is 2.76. The summed E-state index contributed by atoms with van der Waals surface area (Å²) in [5, 5.41) is 9.81. The first-order chi connectivity index (χ1) is 8.65. The summed E-state index contributed by atoms with van der Waals surface area (Å²) < 4.78 is 4.70. The second kappa shape index (κ2) is 4.24. The van der Waals surface area contributed by atoms with Gasteiger partial charge in [-0.05, 0) is 24.8 Å². The predicted octanol–water partition coefficient (Wildman–Crippen LogP) is 0.483. The molecule has 1 aromatic heterocycles. The van der Waals surface area contributed by atoms with Gasteiger partial charge >= 0.3 is 5.63 Å². The summed E-state index contributed by atoms with van der Waals surface area (Å²) in [6.45, 7) is 1.30. The summed E-state index contributed by atoms with van der Waals surface area (Å²) in [5.74, 6) is 0.504. The van der Waals surface area contributed by atoms with Crippen LogP contribution in [0.3, 0.4) is 0 Å². The Morgan fingerprint density at radius 1 is 1.33 bits per heavy atom. The molecule has 18 heavy (non-hydrogen) atoms. The van der Waals surface area contributed by atoms with Gasteiger partial charge in [0, 0.05) is 25.1 Å². The van der Waals surface area contributed by atoms with Crippen LogP contribution in [0.25, 0.3) is 0 Å². The van der Waals surface area contributed by atoms with E-state index < -0.39 is 5.63 Å². The van der Waals surface area contributed by atoms with E-state index >= 15 is 0 Å². The summed E-state index contributed by atoms with van der Waals surface area (Å²) in [4.78, 5) is 24.8. The number of aliphatic hydroxyl groups excluding tert-OH is 1. The van der Waals surface area contributed by atoms with Crippen molar-refractivity contribution in [3.05, 3.63) is 34.4 Å². The lowest BCUT2D eigenvalue weighted by Crippen LogP contribution is -2.31. The van der Waals surface area contributed by atoms with E-state index in [-0.39, 0.29) is 17.9 Å². The van der Waals surface area contributed by atoms with E-state index in [1.807, 2.05) is 0 Å². The highest BCUT2D eigenvalue weighted by atomic mass is 16.4. The Balaban J connectivity index is 1.75. The molecule has 0 spiro atoms. The fourth-order valence-electron chi connectivity index (χ4n) is 3.06. The fourth-order valence-corrected chi connectivity index (χ4v) is 3.06. The molecule has 5 heteroatoms. The molecule has 1 amide bonds. The van der Waals surface area contributed by atoms with Crippen LogP contribution in [0.2, 0.25) is 0 Å². The quantitative estimate of drug-likeness (QED) is 0.786. The Labute approximate surface area is 104 Å². The predicted molar refractivity (Wildman–Crippen MR) is 63.1 cm³/mol. The van der Waals surface area contributed by atoms with Crippen LogP contribution >= 0.6 is 0 Å². The van der Waals surface area contributed by atoms with Crippen molar-refractivity contribution in [2.45, 2.75) is 18.9 Å². The number of likely N-dealkylation sites (tertiary alicyclic amines) is 1. The van der Waals surface area contributed by atoms with Gasteiger partial charge in [0.05, 0.1) is 11.7 Å². The van der Waals surface area contributed by atoms with Crippen molar-refractivity contribution in [2.75, 3.05) is 13.1 Å². The SMILES string of the molecule is O=C(c1ccc(=O)oc1)N1CC2CCC(O)C2C1. The molecular weight excluding hydrogens is 234 g/mol. The average Bonchev–Trinajstić information content (AvgIpc) is 2.92. The Bertz CT molecular complexity index is 503. The third-order valence-electron chi connectivity index (χ3n) is 4.05. The highest BCUT2D eigenvalue weighted by Gasteiger charge is 2.43. The molecule has 1 aliphatic heterocycles. The van der Waals surface area contributed by atoms with Crippen molar-refractivity contribution in [1.29, 1.82) is 0 Å². The van der Waals surface area contributed by atoms with Crippen molar-refractivity contribution in [3.8, 4) is 0 Å². The highest BCUT2D eigenvalue weighted by molar-refractivity contribution is 5.93. The fraction of sp³-hybridized carbons (Fsp3) is 0.538. The molecule has 96 valence electrons. The maximum atomic E-state index is 12.2. The standard InChI is InChI=1S/C13H15NO4/c15-11-3-1-8-5-14(6-10(8)11)13(17)9-2-4-12(16)18-7-9/h2,4,7-8,10-11,15H,1,3,5-6H2. The number of nitrogens with zero attached hydrogens (tertiary/aromatic N) is 1. The van der Waals surface area contributed by atoms with E-state index in [0.29, 0.717) is 24.6 Å². The van der Waals surface area contributed by atoms with Crippen molar-refractivity contribution >= 4 is 5.91 Å². The summed E-state index contributed by atoms with van der Waals surface area (Å²) >= 11 is 0. The van der Waals surface area contributed by atoms with Crippen molar-refractivity contribution in [1.82, 2.24) is 4.90 Å². The smallest absolute Gasteiger partial charge is 0.335 e. The largest absolute Gasteiger partial charge is 0.430 e. The number of fused-ring (bicyclic) bond motifs is 1. The number of carbonyl (C=O) groups excluding carboxylic acids is 1. The van der Waals surface area contributed by atoms with Crippen LogP contribution in [0.15, 0.2) is 27.6 Å². The number of amides is 1. The average molecular weight is 249 g/mol. The lowest BCUT2D eigenvalue weighted by Gasteiger charge is -2.18. The Kier molecular flexibility index (Phi) is 2.70. The van der Waals surface area contributed by atoms with Gasteiger partial charge in [0.1, 0.15) is 6.26 Å². The molecular formula is C13H15NO4. The van der Waals surface area contributed by atoms with Crippen molar-refractivity contribution in [3.63, 3.8) is 0 Å². The van der Waals surface area contributed by atoms with E-state index in [9.17, 15) is 14.7 Å². The number of hydrogen-bond donors (Lipinski definition) is 1. The van der Waals surface area contributed by atoms with Gasteiger partial charge in [0.25, 0.3) is 5.91 Å². The van der Waals surface area contributed by atoms with E-state index in [4.69, 9.17) is 4.42 Å². The first-order valence-corrected chi connectivity index (χ1v) is 6.21. The number of aliphatic hydroxyl groups is 1. The Morgan fingerprint density at radius 2 is 2.17 bits per heavy atom. The van der Waals surface area contributed by atoms with Crippen LogP contribution in [0.5, 0.6) is 0 Å². The summed E-state index contributed by atoms with van der Waals surface area (Å²) in [6, 6.07) is 2.73. The molecule has 3 atom stereocenters. The molecule has 5 nitrogen and oxygen atoms in total. The van der Waals surface area contributed by atoms with Crippen LogP contribution in [0.1, 0.15) is 23.2 Å². The van der Waals surface area contributed by atoms with E-state index in [1.165, 1.54) is 18.4 Å². The van der Waals surface area contributed by atoms with Gasteiger partial charge < -0.3 is 14.4 Å². The van der Waals surface area contributed by atoms with Crippen LogP contribution in [-0.4, -0.2) is 35.1 Å². The maximum absolute atomic E-state index is 12.2. The van der Waals surface area contributed by atoms with Gasteiger partial charge in [-0.25, -0.2) is 4.79 Å².